The van der Waals surface area contributed by atoms with Gasteiger partial charge >= 0.3 is 0 Å². The molecular formula is C44H24N8O. The van der Waals surface area contributed by atoms with E-state index >= 15 is 0 Å². The maximum absolute atomic E-state index is 14.7. The monoisotopic (exact) mass is 680 g/mol. The molecule has 6 aromatic heterocycles. The summed E-state index contributed by atoms with van der Waals surface area (Å²) in [6.45, 7) is 0. The molecule has 0 saturated heterocycles. The molecule has 0 aliphatic heterocycles. The van der Waals surface area contributed by atoms with Gasteiger partial charge in [-0.05, 0) is 84.9 Å². The van der Waals surface area contributed by atoms with Crippen molar-refractivity contribution in [2.75, 3.05) is 0 Å². The number of fused-ring (bicyclic) bond motifs is 14. The first-order chi connectivity index (χ1) is 26.2. The van der Waals surface area contributed by atoms with Gasteiger partial charge in [0.25, 0.3) is 5.56 Å². The molecule has 0 aliphatic carbocycles. The fraction of sp³-hybridized carbons (Fsp3) is 0. The van der Waals surface area contributed by atoms with E-state index in [4.69, 9.17) is 15.0 Å². The number of hydrogen-bond acceptors (Lipinski definition) is 4. The van der Waals surface area contributed by atoms with Crippen LogP contribution in [0.5, 0.6) is 0 Å². The Morgan fingerprint density at radius 3 is 1.30 bits per heavy atom. The van der Waals surface area contributed by atoms with E-state index in [1.54, 1.807) is 4.40 Å². The molecule has 0 radical (unpaired) electrons. The normalized spacial score (nSPS) is 12.6. The zero-order valence-corrected chi connectivity index (χ0v) is 27.8. The zero-order chi connectivity index (χ0) is 34.5. The Bertz CT molecular complexity index is 3630. The van der Waals surface area contributed by atoms with Crippen LogP contribution < -0.4 is 5.56 Å². The minimum atomic E-state index is -0.0991. The third-order valence-electron chi connectivity index (χ3n) is 11.0. The van der Waals surface area contributed by atoms with Crippen molar-refractivity contribution in [1.82, 2.24) is 37.3 Å². The molecule has 9 nitrogen and oxygen atoms in total. The number of imidazole rings is 5. The summed E-state index contributed by atoms with van der Waals surface area (Å²) in [7, 11) is 0. The Balaban J connectivity index is 1.29. The van der Waals surface area contributed by atoms with E-state index in [2.05, 4.69) is 121 Å². The molecule has 0 fully saturated rings. The van der Waals surface area contributed by atoms with Gasteiger partial charge < -0.3 is 0 Å². The van der Waals surface area contributed by atoms with Crippen molar-refractivity contribution in [2.45, 2.75) is 0 Å². The van der Waals surface area contributed by atoms with E-state index in [1.165, 1.54) is 0 Å². The molecule has 0 saturated carbocycles. The summed E-state index contributed by atoms with van der Waals surface area (Å²) in [6, 6.07) is 49.5. The van der Waals surface area contributed by atoms with Crippen molar-refractivity contribution < 1.29 is 0 Å². The fourth-order valence-corrected chi connectivity index (χ4v) is 8.91. The van der Waals surface area contributed by atoms with E-state index in [0.717, 1.165) is 94.3 Å². The van der Waals surface area contributed by atoms with Crippen LogP contribution in [0.2, 0.25) is 0 Å². The van der Waals surface area contributed by atoms with Crippen molar-refractivity contribution in [2.24, 2.45) is 0 Å². The van der Waals surface area contributed by atoms with E-state index in [-0.39, 0.29) is 5.56 Å². The Kier molecular flexibility index (Phi) is 4.84. The van der Waals surface area contributed by atoms with Crippen molar-refractivity contribution in [3.63, 3.8) is 0 Å². The average Bonchev–Trinajstić information content (AvgIpc) is 4.00. The minimum absolute atomic E-state index is 0.0991. The molecule has 0 amide bonds. The molecule has 53 heavy (non-hydrogen) atoms. The van der Waals surface area contributed by atoms with E-state index in [9.17, 15) is 4.79 Å². The van der Waals surface area contributed by atoms with Crippen LogP contribution in [0.1, 0.15) is 0 Å². The highest BCUT2D eigenvalue weighted by Gasteiger charge is 2.26. The lowest BCUT2D eigenvalue weighted by Gasteiger charge is -2.18. The summed E-state index contributed by atoms with van der Waals surface area (Å²) in [6.07, 6.45) is 0. The number of para-hydroxylation sites is 10. The molecule has 0 bridgehead atoms. The quantitative estimate of drug-likeness (QED) is 0.183. The van der Waals surface area contributed by atoms with Crippen molar-refractivity contribution in [3.05, 3.63) is 156 Å². The summed E-state index contributed by atoms with van der Waals surface area (Å²) < 4.78 is 10.7. The van der Waals surface area contributed by atoms with E-state index in [1.807, 2.05) is 42.5 Å². The largest absolute Gasteiger partial charge is 0.277 e. The van der Waals surface area contributed by atoms with Crippen LogP contribution in [-0.4, -0.2) is 37.3 Å². The van der Waals surface area contributed by atoms with Crippen LogP contribution in [0.25, 0.3) is 105 Å². The van der Waals surface area contributed by atoms with Crippen LogP contribution in [0.4, 0.5) is 0 Å². The molecule has 13 rings (SSSR count). The third-order valence-corrected chi connectivity index (χ3v) is 11.0. The molecule has 246 valence electrons. The summed E-state index contributed by atoms with van der Waals surface area (Å²) in [5.41, 5.74) is 11.9. The second-order valence-corrected chi connectivity index (χ2v) is 13.7. The maximum atomic E-state index is 14.7. The Hall–Kier alpha value is -7.52. The SMILES string of the molecule is O=c1c2ccc(-n3c4ccccc4n4c5ccccc5nc34)c3c(-n4c5ccccc5n5c6ccccc6nc45)ccc(c32)c2nc3ccccc3n12. The molecule has 9 heteroatoms. The highest BCUT2D eigenvalue weighted by molar-refractivity contribution is 6.21. The van der Waals surface area contributed by atoms with E-state index in [0.29, 0.717) is 11.0 Å². The summed E-state index contributed by atoms with van der Waals surface area (Å²) >= 11 is 0. The first-order valence-electron chi connectivity index (χ1n) is 17.6. The van der Waals surface area contributed by atoms with Gasteiger partial charge in [0.05, 0.1) is 66.5 Å². The predicted molar refractivity (Wildman–Crippen MR) is 211 cm³/mol. The Morgan fingerprint density at radius 2 is 0.774 bits per heavy atom. The molecular weight excluding hydrogens is 657 g/mol. The number of nitrogens with zero attached hydrogens (tertiary/aromatic N) is 8. The van der Waals surface area contributed by atoms with Gasteiger partial charge in [-0.3, -0.25) is 27.1 Å². The van der Waals surface area contributed by atoms with Gasteiger partial charge in [-0.1, -0.05) is 60.7 Å². The van der Waals surface area contributed by atoms with Crippen LogP contribution in [0, 0.1) is 0 Å². The molecule has 0 unspecified atom stereocenters. The van der Waals surface area contributed by atoms with E-state index < -0.39 is 0 Å². The van der Waals surface area contributed by atoms with Crippen LogP contribution in [0.3, 0.4) is 0 Å². The topological polar surface area (TPSA) is 78.8 Å². The molecule has 0 aliphatic rings. The van der Waals surface area contributed by atoms with Crippen molar-refractivity contribution in [3.8, 4) is 11.4 Å². The van der Waals surface area contributed by atoms with Gasteiger partial charge in [-0.25, -0.2) is 15.0 Å². The second kappa shape index (κ2) is 9.42. The predicted octanol–water partition coefficient (Wildman–Crippen LogP) is 9.08. The minimum Gasteiger partial charge on any atom is -0.277 e. The van der Waals surface area contributed by atoms with Crippen molar-refractivity contribution in [1.29, 1.82) is 0 Å². The summed E-state index contributed by atoms with van der Waals surface area (Å²) in [5, 5.41) is 3.29. The third kappa shape index (κ3) is 3.24. The number of hydrogen-bond donors (Lipinski definition) is 0. The second-order valence-electron chi connectivity index (χ2n) is 13.7. The lowest BCUT2D eigenvalue weighted by atomic mass is 9.98. The summed E-state index contributed by atoms with van der Waals surface area (Å²) in [4.78, 5) is 30.3. The first-order valence-corrected chi connectivity index (χ1v) is 17.6. The molecule has 0 spiro atoms. The van der Waals surface area contributed by atoms with Gasteiger partial charge in [0.2, 0.25) is 11.6 Å². The number of benzene rings is 7. The number of aromatic nitrogens is 8. The lowest BCUT2D eigenvalue weighted by molar-refractivity contribution is 1.10. The standard InChI is InChI=1S/C44H24N8O/c53-42-26-22-24-38(51-36-20-10-8-18-34(36)49-31-15-5-3-13-29(31)47-44(49)51)40-37(23-21-25(39(26)40)41-45-27-11-1-6-16-32(27)52(41)42)50-35-19-9-7-17-33(35)48-30-14-4-2-12-28(30)46-43(48)50/h1-24H. The number of rotatable bonds is 2. The molecule has 0 N–H and O–H groups in total. The highest BCUT2D eigenvalue weighted by Crippen LogP contribution is 2.41. The highest BCUT2D eigenvalue weighted by atomic mass is 16.1. The molecule has 7 aromatic carbocycles. The van der Waals surface area contributed by atoms with Gasteiger partial charge in [0, 0.05) is 21.5 Å². The first kappa shape index (κ1) is 27.2. The number of pyridine rings is 1. The Morgan fingerprint density at radius 1 is 0.358 bits per heavy atom. The van der Waals surface area contributed by atoms with Crippen LogP contribution in [-0.2, 0) is 0 Å². The van der Waals surface area contributed by atoms with Crippen molar-refractivity contribution >= 4 is 93.9 Å². The van der Waals surface area contributed by atoms with Gasteiger partial charge in [0.1, 0.15) is 5.65 Å². The molecule has 6 heterocycles. The molecule has 0 atom stereocenters. The zero-order valence-electron chi connectivity index (χ0n) is 27.8. The lowest BCUT2D eigenvalue weighted by Crippen LogP contribution is -2.14. The molecule has 13 aromatic rings. The Labute approximate surface area is 297 Å². The fourth-order valence-electron chi connectivity index (χ4n) is 8.91. The average molecular weight is 681 g/mol. The van der Waals surface area contributed by atoms with Gasteiger partial charge in [-0.15, -0.1) is 0 Å². The van der Waals surface area contributed by atoms with Gasteiger partial charge in [0.15, 0.2) is 0 Å². The maximum Gasteiger partial charge on any atom is 0.264 e. The van der Waals surface area contributed by atoms with Crippen LogP contribution >= 0.6 is 0 Å². The summed E-state index contributed by atoms with van der Waals surface area (Å²) in [5.74, 6) is 1.59. The van der Waals surface area contributed by atoms with Crippen LogP contribution in [0.15, 0.2) is 150 Å². The smallest absolute Gasteiger partial charge is 0.264 e. The van der Waals surface area contributed by atoms with Gasteiger partial charge in [-0.2, -0.15) is 0 Å².